The Morgan fingerprint density at radius 2 is 2.14 bits per heavy atom. The molecule has 1 fully saturated rings. The van der Waals surface area contributed by atoms with Crippen LogP contribution in [0.5, 0.6) is 0 Å². The molecule has 1 aliphatic rings. The van der Waals surface area contributed by atoms with Crippen LogP contribution >= 0.6 is 0 Å². The average molecular weight is 311 g/mol. The summed E-state index contributed by atoms with van der Waals surface area (Å²) in [5.74, 6) is -0.348. The molecule has 2 unspecified atom stereocenters. The summed E-state index contributed by atoms with van der Waals surface area (Å²) in [5.41, 5.74) is -0.340. The highest BCUT2D eigenvalue weighted by Crippen LogP contribution is 2.44. The van der Waals surface area contributed by atoms with Crippen LogP contribution in [0, 0.1) is 16.7 Å². The SMILES string of the molecule is Cn1cc(C(O)C2(C#N)CCS(=O)(=O)C2)c(C(C)(C)C)n1. The van der Waals surface area contributed by atoms with E-state index < -0.39 is 21.4 Å². The van der Waals surface area contributed by atoms with Crippen molar-refractivity contribution in [3.05, 3.63) is 17.5 Å². The van der Waals surface area contributed by atoms with Crippen LogP contribution in [0.1, 0.15) is 44.6 Å². The van der Waals surface area contributed by atoms with Gasteiger partial charge in [0.15, 0.2) is 9.84 Å². The Morgan fingerprint density at radius 1 is 1.52 bits per heavy atom. The van der Waals surface area contributed by atoms with Gasteiger partial charge in [0.25, 0.3) is 0 Å². The van der Waals surface area contributed by atoms with Crippen molar-refractivity contribution < 1.29 is 13.5 Å². The van der Waals surface area contributed by atoms with Gasteiger partial charge in [0.2, 0.25) is 0 Å². The lowest BCUT2D eigenvalue weighted by Crippen LogP contribution is -2.30. The van der Waals surface area contributed by atoms with Crippen molar-refractivity contribution in [1.29, 1.82) is 5.26 Å². The molecule has 0 aromatic carbocycles. The maximum absolute atomic E-state index is 11.7. The van der Waals surface area contributed by atoms with Crippen LogP contribution in [-0.2, 0) is 22.3 Å². The van der Waals surface area contributed by atoms with E-state index in [-0.39, 0.29) is 23.3 Å². The number of aliphatic hydroxyl groups is 1. The zero-order valence-corrected chi connectivity index (χ0v) is 13.6. The van der Waals surface area contributed by atoms with Gasteiger partial charge in [0.1, 0.15) is 11.5 Å². The van der Waals surface area contributed by atoms with Gasteiger partial charge in [0, 0.05) is 24.2 Å². The van der Waals surface area contributed by atoms with Gasteiger partial charge in [0.05, 0.1) is 23.3 Å². The molecule has 6 nitrogen and oxygen atoms in total. The molecule has 0 aliphatic carbocycles. The minimum absolute atomic E-state index is 0.0528. The topological polar surface area (TPSA) is 96.0 Å². The second kappa shape index (κ2) is 4.82. The van der Waals surface area contributed by atoms with Crippen molar-refractivity contribution in [2.24, 2.45) is 12.5 Å². The fraction of sp³-hybridized carbons (Fsp3) is 0.714. The lowest BCUT2D eigenvalue weighted by molar-refractivity contribution is 0.0776. The zero-order chi connectivity index (χ0) is 16.1. The van der Waals surface area contributed by atoms with Crippen molar-refractivity contribution in [3.8, 4) is 6.07 Å². The van der Waals surface area contributed by atoms with Gasteiger partial charge in [-0.1, -0.05) is 20.8 Å². The highest BCUT2D eigenvalue weighted by atomic mass is 32.2. The molecule has 116 valence electrons. The second-order valence-corrected chi connectivity index (χ2v) is 9.05. The van der Waals surface area contributed by atoms with Gasteiger partial charge >= 0.3 is 0 Å². The molecule has 2 heterocycles. The second-order valence-electron chi connectivity index (χ2n) is 6.87. The highest BCUT2D eigenvalue weighted by Gasteiger charge is 2.50. The quantitative estimate of drug-likeness (QED) is 0.881. The summed E-state index contributed by atoms with van der Waals surface area (Å²) in [6.45, 7) is 5.90. The molecule has 1 aromatic heterocycles. The molecule has 1 N–H and O–H groups in total. The number of hydrogen-bond acceptors (Lipinski definition) is 5. The molecular weight excluding hydrogens is 290 g/mol. The van der Waals surface area contributed by atoms with Gasteiger partial charge in [-0.05, 0) is 6.42 Å². The Morgan fingerprint density at radius 3 is 2.57 bits per heavy atom. The van der Waals surface area contributed by atoms with E-state index in [9.17, 15) is 18.8 Å². The van der Waals surface area contributed by atoms with Gasteiger partial charge < -0.3 is 5.11 Å². The Kier molecular flexibility index (Phi) is 3.67. The first-order valence-corrected chi connectivity index (χ1v) is 8.67. The van der Waals surface area contributed by atoms with Crippen molar-refractivity contribution in [2.45, 2.75) is 38.7 Å². The molecule has 0 radical (unpaired) electrons. The normalized spacial score (nSPS) is 26.5. The van der Waals surface area contributed by atoms with Crippen LogP contribution in [0.25, 0.3) is 0 Å². The van der Waals surface area contributed by atoms with Crippen molar-refractivity contribution >= 4 is 9.84 Å². The maximum Gasteiger partial charge on any atom is 0.152 e. The lowest BCUT2D eigenvalue weighted by atomic mass is 9.77. The Labute approximate surface area is 125 Å². The third-order valence-corrected chi connectivity index (χ3v) is 5.73. The number of hydrogen-bond donors (Lipinski definition) is 1. The summed E-state index contributed by atoms with van der Waals surface area (Å²) in [5, 5.41) is 24.6. The number of rotatable bonds is 2. The predicted molar refractivity (Wildman–Crippen MR) is 78.2 cm³/mol. The van der Waals surface area contributed by atoms with Crippen LogP contribution in [0.4, 0.5) is 0 Å². The van der Waals surface area contributed by atoms with E-state index in [1.807, 2.05) is 20.8 Å². The summed E-state index contributed by atoms with van der Waals surface area (Å²) < 4.78 is 25.1. The molecule has 1 aromatic rings. The molecule has 0 bridgehead atoms. The Balaban J connectivity index is 2.50. The summed E-state index contributed by atoms with van der Waals surface area (Å²) in [4.78, 5) is 0. The fourth-order valence-electron chi connectivity index (χ4n) is 2.83. The molecule has 0 amide bonds. The highest BCUT2D eigenvalue weighted by molar-refractivity contribution is 7.91. The molecule has 7 heteroatoms. The average Bonchev–Trinajstić information content (AvgIpc) is 2.89. The molecule has 1 aliphatic heterocycles. The van der Waals surface area contributed by atoms with Crippen LogP contribution in [0.15, 0.2) is 6.20 Å². The van der Waals surface area contributed by atoms with E-state index in [1.54, 1.807) is 17.9 Å². The van der Waals surface area contributed by atoms with Crippen LogP contribution in [0.3, 0.4) is 0 Å². The number of nitriles is 1. The van der Waals surface area contributed by atoms with E-state index in [2.05, 4.69) is 11.2 Å². The number of aromatic nitrogens is 2. The lowest BCUT2D eigenvalue weighted by Gasteiger charge is -2.28. The minimum Gasteiger partial charge on any atom is -0.387 e. The van der Waals surface area contributed by atoms with Gasteiger partial charge in [-0.2, -0.15) is 10.4 Å². The van der Waals surface area contributed by atoms with E-state index >= 15 is 0 Å². The molecule has 0 spiro atoms. The summed E-state index contributed by atoms with van der Waals surface area (Å²) in [6, 6.07) is 2.05. The van der Waals surface area contributed by atoms with Crippen molar-refractivity contribution in [2.75, 3.05) is 11.5 Å². The van der Waals surface area contributed by atoms with E-state index in [0.717, 1.165) is 0 Å². The van der Waals surface area contributed by atoms with Crippen LogP contribution in [0.2, 0.25) is 0 Å². The monoisotopic (exact) mass is 311 g/mol. The predicted octanol–water partition coefficient (Wildman–Crippen LogP) is 1.08. The fourth-order valence-corrected chi connectivity index (χ4v) is 4.80. The molecule has 2 rings (SSSR count). The summed E-state index contributed by atoms with van der Waals surface area (Å²) >= 11 is 0. The van der Waals surface area contributed by atoms with E-state index in [0.29, 0.717) is 11.3 Å². The first-order chi connectivity index (χ1) is 9.51. The van der Waals surface area contributed by atoms with E-state index in [4.69, 9.17) is 0 Å². The summed E-state index contributed by atoms with van der Waals surface area (Å²) in [7, 11) is -1.52. The number of nitrogens with zero attached hydrogens (tertiary/aromatic N) is 3. The standard InChI is InChI=1S/C14H21N3O3S/c1-13(2,3)11-10(7-17(4)16-11)12(18)14(8-15)5-6-21(19,20)9-14/h7,12,18H,5-6,9H2,1-4H3. The van der Waals surface area contributed by atoms with Crippen molar-refractivity contribution in [3.63, 3.8) is 0 Å². The first kappa shape index (κ1) is 16.0. The third-order valence-electron chi connectivity index (χ3n) is 3.94. The minimum atomic E-state index is -3.27. The third kappa shape index (κ3) is 2.83. The van der Waals surface area contributed by atoms with Gasteiger partial charge in [-0.15, -0.1) is 0 Å². The number of aryl methyl sites for hydroxylation is 1. The first-order valence-electron chi connectivity index (χ1n) is 6.84. The van der Waals surface area contributed by atoms with Gasteiger partial charge in [-0.3, -0.25) is 4.68 Å². The molecule has 21 heavy (non-hydrogen) atoms. The Hall–Kier alpha value is -1.39. The van der Waals surface area contributed by atoms with Crippen LogP contribution < -0.4 is 0 Å². The van der Waals surface area contributed by atoms with E-state index in [1.165, 1.54) is 0 Å². The zero-order valence-electron chi connectivity index (χ0n) is 12.8. The largest absolute Gasteiger partial charge is 0.387 e. The van der Waals surface area contributed by atoms with Crippen LogP contribution in [-0.4, -0.2) is 34.8 Å². The smallest absolute Gasteiger partial charge is 0.152 e. The Bertz CT molecular complexity index is 694. The maximum atomic E-state index is 11.7. The van der Waals surface area contributed by atoms with Crippen molar-refractivity contribution in [1.82, 2.24) is 9.78 Å². The summed E-state index contributed by atoms with van der Waals surface area (Å²) in [6.07, 6.45) is 0.684. The number of aliphatic hydroxyl groups excluding tert-OH is 1. The molecular formula is C14H21N3O3S. The molecule has 2 atom stereocenters. The molecule has 0 saturated carbocycles. The number of sulfone groups is 1. The van der Waals surface area contributed by atoms with Gasteiger partial charge in [-0.25, -0.2) is 8.42 Å². The molecule has 1 saturated heterocycles.